The zero-order valence-electron chi connectivity index (χ0n) is 10.5. The van der Waals surface area contributed by atoms with Crippen LogP contribution in [-0.4, -0.2) is 18.1 Å². The lowest BCUT2D eigenvalue weighted by Crippen LogP contribution is -2.24. The molecule has 1 saturated carbocycles. The summed E-state index contributed by atoms with van der Waals surface area (Å²) in [5, 5.41) is 3.56. The van der Waals surface area contributed by atoms with Crippen molar-refractivity contribution in [2.24, 2.45) is 11.8 Å². The Hall–Kier alpha value is -0.890. The highest BCUT2D eigenvalue weighted by atomic mass is 14.9. The van der Waals surface area contributed by atoms with Crippen LogP contribution in [0.1, 0.15) is 32.8 Å². The number of rotatable bonds is 5. The number of aromatic nitrogens is 1. The second-order valence-corrected chi connectivity index (χ2v) is 5.61. The van der Waals surface area contributed by atoms with Crippen molar-refractivity contribution in [3.05, 3.63) is 30.1 Å². The number of nitrogens with zero attached hydrogens (tertiary/aromatic N) is 1. The Labute approximate surface area is 98.5 Å². The topological polar surface area (TPSA) is 24.9 Å². The van der Waals surface area contributed by atoms with E-state index in [-0.39, 0.29) is 0 Å². The first-order chi connectivity index (χ1) is 7.63. The molecule has 2 heteroatoms. The van der Waals surface area contributed by atoms with Gasteiger partial charge in [-0.25, -0.2) is 0 Å². The van der Waals surface area contributed by atoms with Crippen LogP contribution in [0.2, 0.25) is 0 Å². The summed E-state index contributed by atoms with van der Waals surface area (Å²) >= 11 is 0. The highest BCUT2D eigenvalue weighted by molar-refractivity contribution is 5.30. The van der Waals surface area contributed by atoms with E-state index in [2.05, 4.69) is 43.2 Å². The molecule has 0 aliphatic heterocycles. The monoisotopic (exact) mass is 218 g/mol. The van der Waals surface area contributed by atoms with Crippen LogP contribution in [0, 0.1) is 11.8 Å². The number of hydrogen-bond donors (Lipinski definition) is 1. The minimum absolute atomic E-state index is 0.396. The summed E-state index contributed by atoms with van der Waals surface area (Å²) in [6.07, 6.45) is 5.11. The lowest BCUT2D eigenvalue weighted by atomic mass is 9.96. The standard InChI is InChI=1S/C14H22N2/c1-11(2)9-16-10-13-8-14(13,3)12-4-6-15-7-5-12/h4-7,11,13,16H,8-10H2,1-3H3. The molecule has 0 saturated heterocycles. The predicted octanol–water partition coefficient (Wildman–Crippen LogP) is 2.60. The van der Waals surface area contributed by atoms with E-state index in [9.17, 15) is 0 Å². The van der Waals surface area contributed by atoms with E-state index in [0.717, 1.165) is 24.9 Å². The van der Waals surface area contributed by atoms with Crippen molar-refractivity contribution in [2.45, 2.75) is 32.6 Å². The van der Waals surface area contributed by atoms with Gasteiger partial charge in [0.1, 0.15) is 0 Å². The van der Waals surface area contributed by atoms with Gasteiger partial charge in [0, 0.05) is 12.4 Å². The second-order valence-electron chi connectivity index (χ2n) is 5.61. The van der Waals surface area contributed by atoms with Gasteiger partial charge >= 0.3 is 0 Å². The molecule has 2 unspecified atom stereocenters. The Morgan fingerprint density at radius 2 is 2.12 bits per heavy atom. The van der Waals surface area contributed by atoms with Gasteiger partial charge in [-0.1, -0.05) is 20.8 Å². The lowest BCUT2D eigenvalue weighted by Gasteiger charge is -2.12. The summed E-state index contributed by atoms with van der Waals surface area (Å²) in [6, 6.07) is 4.31. The Kier molecular flexibility index (Phi) is 3.29. The van der Waals surface area contributed by atoms with Crippen LogP contribution in [0.25, 0.3) is 0 Å². The Bertz CT molecular complexity index is 334. The van der Waals surface area contributed by atoms with Crippen LogP contribution in [0.5, 0.6) is 0 Å². The molecule has 0 amide bonds. The summed E-state index contributed by atoms with van der Waals surface area (Å²) in [5.74, 6) is 1.54. The zero-order valence-corrected chi connectivity index (χ0v) is 10.5. The van der Waals surface area contributed by atoms with E-state index in [1.165, 1.54) is 12.0 Å². The first-order valence-corrected chi connectivity index (χ1v) is 6.24. The molecule has 0 radical (unpaired) electrons. The highest BCUT2D eigenvalue weighted by Crippen LogP contribution is 2.53. The van der Waals surface area contributed by atoms with E-state index in [1.54, 1.807) is 0 Å². The number of nitrogens with one attached hydrogen (secondary N) is 1. The van der Waals surface area contributed by atoms with Crippen LogP contribution in [0.15, 0.2) is 24.5 Å². The van der Waals surface area contributed by atoms with Crippen LogP contribution in [-0.2, 0) is 5.41 Å². The molecule has 1 heterocycles. The number of hydrogen-bond acceptors (Lipinski definition) is 2. The van der Waals surface area contributed by atoms with E-state index < -0.39 is 0 Å². The van der Waals surface area contributed by atoms with Crippen molar-refractivity contribution in [3.8, 4) is 0 Å². The maximum absolute atomic E-state index is 4.08. The molecule has 1 fully saturated rings. The van der Waals surface area contributed by atoms with Crippen LogP contribution < -0.4 is 5.32 Å². The highest BCUT2D eigenvalue weighted by Gasteiger charge is 2.50. The Balaban J connectivity index is 1.85. The summed E-state index contributed by atoms with van der Waals surface area (Å²) in [4.78, 5) is 4.08. The van der Waals surface area contributed by atoms with Gasteiger partial charge in [0.25, 0.3) is 0 Å². The van der Waals surface area contributed by atoms with Gasteiger partial charge in [0.05, 0.1) is 0 Å². The van der Waals surface area contributed by atoms with E-state index in [4.69, 9.17) is 0 Å². The van der Waals surface area contributed by atoms with Crippen molar-refractivity contribution < 1.29 is 0 Å². The maximum Gasteiger partial charge on any atom is 0.0270 e. The van der Waals surface area contributed by atoms with Gasteiger partial charge < -0.3 is 5.32 Å². The molecule has 1 aliphatic carbocycles. The van der Waals surface area contributed by atoms with Gasteiger partial charge in [0.2, 0.25) is 0 Å². The van der Waals surface area contributed by atoms with Crippen molar-refractivity contribution in [1.29, 1.82) is 0 Å². The SMILES string of the molecule is CC(C)CNCC1CC1(C)c1ccncc1. The fraction of sp³-hybridized carbons (Fsp3) is 0.643. The van der Waals surface area contributed by atoms with Gasteiger partial charge in [-0.05, 0) is 54.5 Å². The van der Waals surface area contributed by atoms with Crippen molar-refractivity contribution in [1.82, 2.24) is 10.3 Å². The maximum atomic E-state index is 4.08. The summed E-state index contributed by atoms with van der Waals surface area (Å²) in [6.45, 7) is 9.15. The van der Waals surface area contributed by atoms with E-state index in [0.29, 0.717) is 5.41 Å². The van der Waals surface area contributed by atoms with E-state index >= 15 is 0 Å². The molecule has 0 spiro atoms. The third-order valence-electron chi connectivity index (χ3n) is 3.69. The van der Waals surface area contributed by atoms with Gasteiger partial charge in [-0.15, -0.1) is 0 Å². The third-order valence-corrected chi connectivity index (χ3v) is 3.69. The smallest absolute Gasteiger partial charge is 0.0270 e. The molecular formula is C14H22N2. The van der Waals surface area contributed by atoms with Gasteiger partial charge in [0.15, 0.2) is 0 Å². The molecule has 0 bridgehead atoms. The Morgan fingerprint density at radius 3 is 2.75 bits per heavy atom. The van der Waals surface area contributed by atoms with Crippen molar-refractivity contribution in [2.75, 3.05) is 13.1 Å². The molecular weight excluding hydrogens is 196 g/mol. The molecule has 1 aliphatic rings. The summed E-state index contributed by atoms with van der Waals surface area (Å²) in [7, 11) is 0. The van der Waals surface area contributed by atoms with Crippen molar-refractivity contribution >= 4 is 0 Å². The summed E-state index contributed by atoms with van der Waals surface area (Å²) in [5.41, 5.74) is 1.84. The first kappa shape index (κ1) is 11.6. The number of pyridine rings is 1. The quantitative estimate of drug-likeness (QED) is 0.821. The molecule has 2 rings (SSSR count). The average molecular weight is 218 g/mol. The second kappa shape index (κ2) is 4.54. The van der Waals surface area contributed by atoms with Crippen LogP contribution in [0.3, 0.4) is 0 Å². The van der Waals surface area contributed by atoms with Gasteiger partial charge in [-0.2, -0.15) is 0 Å². The minimum atomic E-state index is 0.396. The molecule has 1 aromatic rings. The predicted molar refractivity (Wildman–Crippen MR) is 67.4 cm³/mol. The molecule has 1 aromatic heterocycles. The molecule has 2 atom stereocenters. The van der Waals surface area contributed by atoms with Crippen molar-refractivity contribution in [3.63, 3.8) is 0 Å². The molecule has 2 nitrogen and oxygen atoms in total. The molecule has 16 heavy (non-hydrogen) atoms. The molecule has 0 aromatic carbocycles. The molecule has 1 N–H and O–H groups in total. The van der Waals surface area contributed by atoms with Crippen LogP contribution >= 0.6 is 0 Å². The lowest BCUT2D eigenvalue weighted by molar-refractivity contribution is 0.515. The largest absolute Gasteiger partial charge is 0.316 e. The average Bonchev–Trinajstić information content (AvgIpc) is 2.92. The third kappa shape index (κ3) is 2.43. The van der Waals surface area contributed by atoms with Gasteiger partial charge in [-0.3, -0.25) is 4.98 Å². The fourth-order valence-corrected chi connectivity index (χ4v) is 2.38. The zero-order chi connectivity index (χ0) is 11.6. The Morgan fingerprint density at radius 1 is 1.44 bits per heavy atom. The fourth-order valence-electron chi connectivity index (χ4n) is 2.38. The summed E-state index contributed by atoms with van der Waals surface area (Å²) < 4.78 is 0. The van der Waals surface area contributed by atoms with Crippen LogP contribution in [0.4, 0.5) is 0 Å². The minimum Gasteiger partial charge on any atom is -0.316 e. The molecule has 88 valence electrons. The normalized spacial score (nSPS) is 28.4. The first-order valence-electron chi connectivity index (χ1n) is 6.24. The van der Waals surface area contributed by atoms with E-state index in [1.807, 2.05) is 12.4 Å².